The Morgan fingerprint density at radius 2 is 1.83 bits per heavy atom. The first kappa shape index (κ1) is 24.6. The minimum atomic E-state index is -0.345. The monoisotopic (exact) mass is 524 g/mol. The topological polar surface area (TPSA) is 67.2 Å². The fraction of sp³-hybridized carbons (Fsp3) is 0.308. The average Bonchev–Trinajstić information content (AvgIpc) is 3.09. The van der Waals surface area contributed by atoms with Gasteiger partial charge < -0.3 is 9.64 Å². The van der Waals surface area contributed by atoms with Crippen LogP contribution in [0.4, 0.5) is 10.2 Å². The van der Waals surface area contributed by atoms with Crippen molar-refractivity contribution in [1.82, 2.24) is 14.3 Å². The molecule has 0 N–H and O–H groups in total. The number of carbonyl (C=O) groups excluding carboxylic acids is 1. The van der Waals surface area contributed by atoms with Crippen LogP contribution in [-0.4, -0.2) is 49.8 Å². The SMILES string of the molecule is Cc1ccc2nc(N3CC(C)OC(C)C3)c(C=C3SC(=S)N(Cc4ccc(F)cc4)C3=O)c(=O)n2c1. The molecule has 7 nitrogen and oxygen atoms in total. The molecule has 2 aliphatic heterocycles. The Kier molecular flexibility index (Phi) is 6.67. The quantitative estimate of drug-likeness (QED) is 0.375. The third kappa shape index (κ3) is 4.80. The molecule has 2 fully saturated rings. The normalized spacial score (nSPS) is 21.7. The molecule has 0 aliphatic carbocycles. The van der Waals surface area contributed by atoms with E-state index in [0.717, 1.165) is 22.9 Å². The first-order valence-corrected chi connectivity index (χ1v) is 12.9. The molecule has 186 valence electrons. The van der Waals surface area contributed by atoms with Gasteiger partial charge in [0.2, 0.25) is 0 Å². The Bertz CT molecular complexity index is 1440. The molecule has 1 aromatic carbocycles. The van der Waals surface area contributed by atoms with Gasteiger partial charge in [0, 0.05) is 19.3 Å². The number of fused-ring (bicyclic) bond motifs is 1. The lowest BCUT2D eigenvalue weighted by atomic mass is 10.1. The van der Waals surface area contributed by atoms with Crippen molar-refractivity contribution in [1.29, 1.82) is 0 Å². The molecule has 10 heteroatoms. The molecule has 2 saturated heterocycles. The summed E-state index contributed by atoms with van der Waals surface area (Å²) in [6, 6.07) is 9.68. The van der Waals surface area contributed by atoms with Gasteiger partial charge in [-0.15, -0.1) is 0 Å². The van der Waals surface area contributed by atoms with Crippen molar-refractivity contribution in [3.63, 3.8) is 0 Å². The van der Waals surface area contributed by atoms with E-state index in [1.807, 2.05) is 37.8 Å². The lowest BCUT2D eigenvalue weighted by Gasteiger charge is -2.36. The zero-order chi connectivity index (χ0) is 25.6. The van der Waals surface area contributed by atoms with E-state index >= 15 is 0 Å². The van der Waals surface area contributed by atoms with Gasteiger partial charge in [0.1, 0.15) is 21.6 Å². The van der Waals surface area contributed by atoms with Gasteiger partial charge in [-0.3, -0.25) is 18.9 Å². The maximum absolute atomic E-state index is 13.7. The molecular weight excluding hydrogens is 499 g/mol. The van der Waals surface area contributed by atoms with E-state index < -0.39 is 0 Å². The van der Waals surface area contributed by atoms with Crippen LogP contribution in [0.3, 0.4) is 0 Å². The molecule has 5 rings (SSSR count). The van der Waals surface area contributed by atoms with E-state index in [9.17, 15) is 14.0 Å². The first-order valence-electron chi connectivity index (χ1n) is 11.6. The Labute approximate surface area is 217 Å². The first-order chi connectivity index (χ1) is 17.2. The number of thiocarbonyl (C=S) groups is 1. The zero-order valence-corrected chi connectivity index (χ0v) is 21.7. The van der Waals surface area contributed by atoms with Gasteiger partial charge in [-0.05, 0) is 56.2 Å². The van der Waals surface area contributed by atoms with Crippen LogP contribution >= 0.6 is 24.0 Å². The number of carbonyl (C=O) groups is 1. The average molecular weight is 525 g/mol. The standard InChI is InChI=1S/C26H25FN4O3S2/c1-15-4-9-22-28-23(29-12-16(2)34-17(3)13-29)20(24(32)30(22)11-15)10-21-25(33)31(26(35)36-21)14-18-5-7-19(27)8-6-18/h4-11,16-17H,12-14H2,1-3H3. The van der Waals surface area contributed by atoms with Crippen molar-refractivity contribution < 1.29 is 13.9 Å². The second-order valence-electron chi connectivity index (χ2n) is 9.15. The second kappa shape index (κ2) is 9.76. The molecule has 2 aromatic heterocycles. The number of anilines is 1. The van der Waals surface area contributed by atoms with Gasteiger partial charge in [0.05, 0.1) is 29.2 Å². The molecule has 4 heterocycles. The van der Waals surface area contributed by atoms with Crippen LogP contribution in [0.5, 0.6) is 0 Å². The third-order valence-corrected chi connectivity index (χ3v) is 7.49. The molecular formula is C26H25FN4O3S2. The van der Waals surface area contributed by atoms with E-state index in [0.29, 0.717) is 39.3 Å². The molecule has 0 radical (unpaired) electrons. The number of hydrogen-bond donors (Lipinski definition) is 0. The maximum Gasteiger partial charge on any atom is 0.267 e. The molecule has 1 amide bonds. The fourth-order valence-electron chi connectivity index (χ4n) is 4.50. The van der Waals surface area contributed by atoms with Crippen LogP contribution in [0.25, 0.3) is 11.7 Å². The number of ether oxygens (including phenoxy) is 1. The summed E-state index contributed by atoms with van der Waals surface area (Å²) in [4.78, 5) is 35.7. The number of morpholine rings is 1. The molecule has 0 spiro atoms. The predicted molar refractivity (Wildman–Crippen MR) is 144 cm³/mol. The van der Waals surface area contributed by atoms with Crippen LogP contribution in [0.15, 0.2) is 52.3 Å². The number of aromatic nitrogens is 2. The molecule has 2 atom stereocenters. The molecule has 2 unspecified atom stereocenters. The second-order valence-corrected chi connectivity index (χ2v) is 10.8. The van der Waals surface area contributed by atoms with Crippen LogP contribution in [0.1, 0.15) is 30.5 Å². The van der Waals surface area contributed by atoms with E-state index in [1.165, 1.54) is 21.4 Å². The highest BCUT2D eigenvalue weighted by molar-refractivity contribution is 8.26. The lowest BCUT2D eigenvalue weighted by Crippen LogP contribution is -2.46. The lowest BCUT2D eigenvalue weighted by molar-refractivity contribution is -0.122. The van der Waals surface area contributed by atoms with Gasteiger partial charge in [0.15, 0.2) is 0 Å². The summed E-state index contributed by atoms with van der Waals surface area (Å²) in [6.45, 7) is 7.25. The van der Waals surface area contributed by atoms with Gasteiger partial charge in [-0.1, -0.05) is 42.2 Å². The predicted octanol–water partition coefficient (Wildman–Crippen LogP) is 4.16. The van der Waals surface area contributed by atoms with Crippen molar-refractivity contribution in [2.45, 2.75) is 39.5 Å². The van der Waals surface area contributed by atoms with Crippen LogP contribution < -0.4 is 10.5 Å². The molecule has 0 bridgehead atoms. The summed E-state index contributed by atoms with van der Waals surface area (Å²) in [6.07, 6.45) is 3.28. The number of pyridine rings is 1. The van der Waals surface area contributed by atoms with Crippen molar-refractivity contribution in [2.75, 3.05) is 18.0 Å². The molecule has 0 saturated carbocycles. The summed E-state index contributed by atoms with van der Waals surface area (Å²) in [5, 5.41) is 0. The number of hydrogen-bond acceptors (Lipinski definition) is 7. The summed E-state index contributed by atoms with van der Waals surface area (Å²) < 4.78 is 21.1. The highest BCUT2D eigenvalue weighted by Crippen LogP contribution is 2.35. The number of amides is 1. The van der Waals surface area contributed by atoms with Crippen LogP contribution in [-0.2, 0) is 16.1 Å². The van der Waals surface area contributed by atoms with Crippen molar-refractivity contribution in [3.05, 3.63) is 80.4 Å². The number of nitrogens with zero attached hydrogens (tertiary/aromatic N) is 4. The highest BCUT2D eigenvalue weighted by Gasteiger charge is 2.33. The van der Waals surface area contributed by atoms with E-state index in [2.05, 4.69) is 0 Å². The van der Waals surface area contributed by atoms with Gasteiger partial charge in [0.25, 0.3) is 11.5 Å². The number of thioether (sulfide) groups is 1. The van der Waals surface area contributed by atoms with Crippen molar-refractivity contribution in [2.24, 2.45) is 0 Å². The Morgan fingerprint density at radius 1 is 1.14 bits per heavy atom. The molecule has 3 aromatic rings. The van der Waals surface area contributed by atoms with E-state index in [-0.39, 0.29) is 36.0 Å². The Morgan fingerprint density at radius 3 is 2.53 bits per heavy atom. The van der Waals surface area contributed by atoms with Crippen LogP contribution in [0, 0.1) is 12.7 Å². The number of benzene rings is 1. The summed E-state index contributed by atoms with van der Waals surface area (Å²) in [5.41, 5.74) is 2.29. The van der Waals surface area contributed by atoms with Gasteiger partial charge in [-0.2, -0.15) is 0 Å². The minimum Gasteiger partial charge on any atom is -0.372 e. The summed E-state index contributed by atoms with van der Waals surface area (Å²) >= 11 is 6.63. The fourth-order valence-corrected chi connectivity index (χ4v) is 5.74. The highest BCUT2D eigenvalue weighted by atomic mass is 32.2. The maximum atomic E-state index is 13.7. The Balaban J connectivity index is 1.57. The Hall–Kier alpha value is -3.08. The van der Waals surface area contributed by atoms with E-state index in [1.54, 1.807) is 24.4 Å². The summed E-state index contributed by atoms with van der Waals surface area (Å²) in [7, 11) is 0. The van der Waals surface area contributed by atoms with E-state index in [4.69, 9.17) is 21.9 Å². The van der Waals surface area contributed by atoms with Gasteiger partial charge in [-0.25, -0.2) is 9.37 Å². The zero-order valence-electron chi connectivity index (χ0n) is 20.1. The summed E-state index contributed by atoms with van der Waals surface area (Å²) in [5.74, 6) is -0.116. The van der Waals surface area contributed by atoms with Crippen molar-refractivity contribution in [3.8, 4) is 0 Å². The number of rotatable bonds is 4. The molecule has 36 heavy (non-hydrogen) atoms. The number of aryl methyl sites for hydroxylation is 1. The van der Waals surface area contributed by atoms with Crippen molar-refractivity contribution >= 4 is 51.7 Å². The number of halogens is 1. The largest absolute Gasteiger partial charge is 0.372 e. The molecule has 2 aliphatic rings. The smallest absolute Gasteiger partial charge is 0.267 e. The minimum absolute atomic E-state index is 0.0335. The van der Waals surface area contributed by atoms with Crippen LogP contribution in [0.2, 0.25) is 0 Å². The van der Waals surface area contributed by atoms with Gasteiger partial charge >= 0.3 is 0 Å². The third-order valence-electron chi connectivity index (χ3n) is 6.11.